The minimum Gasteiger partial charge on any atom is -0.455 e. The lowest BCUT2D eigenvalue weighted by molar-refractivity contribution is 0.673. The van der Waals surface area contributed by atoms with E-state index in [4.69, 9.17) is 4.42 Å². The van der Waals surface area contributed by atoms with E-state index in [-0.39, 0.29) is 0 Å². The summed E-state index contributed by atoms with van der Waals surface area (Å²) in [5, 5.41) is 11.9. The van der Waals surface area contributed by atoms with Crippen molar-refractivity contribution >= 4 is 93.1 Å². The van der Waals surface area contributed by atoms with Crippen molar-refractivity contribution in [3.05, 3.63) is 231 Å². The highest BCUT2D eigenvalue weighted by Gasteiger charge is 2.22. The standard InChI is InChI=1S/C60H38N2O/c1-4-20-48-40(14-1)30-35-54-53-34-31-43(38-59(53)63-60(48)54)47-19-7-10-25-55(47)61(58-37-42-15-2-3-18-46(42)49-21-5-6-22-50(49)58)44-32-28-39(29-33-44)41-16-13-17-45(36-41)62-56-26-11-8-23-51(56)52-24-9-12-27-57(52)62/h1-38H. The monoisotopic (exact) mass is 802 g/mol. The number of rotatable bonds is 6. The highest BCUT2D eigenvalue weighted by atomic mass is 16.3. The van der Waals surface area contributed by atoms with Crippen LogP contribution in [0.25, 0.3) is 104 Å². The van der Waals surface area contributed by atoms with E-state index in [9.17, 15) is 0 Å². The van der Waals surface area contributed by atoms with Gasteiger partial charge in [-0.15, -0.1) is 0 Å². The molecule has 0 radical (unpaired) electrons. The maximum Gasteiger partial charge on any atom is 0.143 e. The Kier molecular flexibility index (Phi) is 7.91. The molecule has 63 heavy (non-hydrogen) atoms. The van der Waals surface area contributed by atoms with Crippen molar-refractivity contribution in [2.75, 3.05) is 4.90 Å². The second-order valence-electron chi connectivity index (χ2n) is 16.5. The van der Waals surface area contributed by atoms with Gasteiger partial charge in [-0.1, -0.05) is 164 Å². The van der Waals surface area contributed by atoms with Gasteiger partial charge in [-0.05, 0) is 105 Å². The van der Waals surface area contributed by atoms with Gasteiger partial charge in [0.1, 0.15) is 11.2 Å². The molecule has 0 aliphatic rings. The Labute approximate surface area is 363 Å². The molecule has 0 spiro atoms. The fourth-order valence-electron chi connectivity index (χ4n) is 10.0. The number of hydrogen-bond acceptors (Lipinski definition) is 2. The Balaban J connectivity index is 0.978. The molecule has 0 saturated carbocycles. The van der Waals surface area contributed by atoms with E-state index in [1.54, 1.807) is 0 Å². The first-order chi connectivity index (χ1) is 31.2. The third-order valence-electron chi connectivity index (χ3n) is 12.9. The van der Waals surface area contributed by atoms with Crippen LogP contribution in [0.5, 0.6) is 0 Å². The lowest BCUT2D eigenvalue weighted by Gasteiger charge is -2.29. The molecule has 0 bridgehead atoms. The number of anilines is 3. The zero-order valence-electron chi connectivity index (χ0n) is 34.2. The Morgan fingerprint density at radius 3 is 1.75 bits per heavy atom. The first-order valence-electron chi connectivity index (χ1n) is 21.6. The molecule has 0 aliphatic heterocycles. The van der Waals surface area contributed by atoms with Crippen molar-refractivity contribution in [3.8, 4) is 27.9 Å². The van der Waals surface area contributed by atoms with Gasteiger partial charge >= 0.3 is 0 Å². The quantitative estimate of drug-likeness (QED) is 0.156. The highest BCUT2D eigenvalue weighted by Crippen LogP contribution is 2.47. The van der Waals surface area contributed by atoms with Crippen molar-refractivity contribution in [2.24, 2.45) is 0 Å². The maximum absolute atomic E-state index is 6.72. The van der Waals surface area contributed by atoms with Gasteiger partial charge in [0, 0.05) is 49.3 Å². The molecule has 0 atom stereocenters. The van der Waals surface area contributed by atoms with Gasteiger partial charge in [-0.2, -0.15) is 0 Å². The van der Waals surface area contributed by atoms with E-state index >= 15 is 0 Å². The molecule has 0 aliphatic carbocycles. The van der Waals surface area contributed by atoms with E-state index in [1.807, 2.05) is 0 Å². The molecular formula is C60H38N2O. The second-order valence-corrected chi connectivity index (χ2v) is 16.5. The number of nitrogens with zero attached hydrogens (tertiary/aromatic N) is 2. The number of fused-ring (bicyclic) bond motifs is 11. The summed E-state index contributed by atoms with van der Waals surface area (Å²) in [5.74, 6) is 0. The molecule has 0 unspecified atom stereocenters. The van der Waals surface area contributed by atoms with Gasteiger partial charge in [0.25, 0.3) is 0 Å². The van der Waals surface area contributed by atoms with Crippen molar-refractivity contribution < 1.29 is 4.42 Å². The Hall–Kier alpha value is -8.40. The average molecular weight is 803 g/mol. The predicted molar refractivity (Wildman–Crippen MR) is 266 cm³/mol. The molecule has 13 aromatic rings. The molecule has 0 N–H and O–H groups in total. The molecule has 3 heteroatoms. The van der Waals surface area contributed by atoms with Crippen LogP contribution in [0.4, 0.5) is 17.1 Å². The van der Waals surface area contributed by atoms with Crippen LogP contribution in [-0.4, -0.2) is 4.57 Å². The van der Waals surface area contributed by atoms with Gasteiger partial charge in [0.2, 0.25) is 0 Å². The Morgan fingerprint density at radius 1 is 0.333 bits per heavy atom. The van der Waals surface area contributed by atoms with E-state index in [1.165, 1.54) is 48.7 Å². The predicted octanol–water partition coefficient (Wildman–Crippen LogP) is 16.9. The average Bonchev–Trinajstić information content (AvgIpc) is 3.90. The smallest absolute Gasteiger partial charge is 0.143 e. The molecule has 294 valence electrons. The lowest BCUT2D eigenvalue weighted by atomic mass is 9.96. The van der Waals surface area contributed by atoms with Crippen molar-refractivity contribution in [1.29, 1.82) is 0 Å². The summed E-state index contributed by atoms with van der Waals surface area (Å²) in [6.45, 7) is 0. The maximum atomic E-state index is 6.72. The molecule has 2 aromatic heterocycles. The van der Waals surface area contributed by atoms with Gasteiger partial charge in [0.15, 0.2) is 0 Å². The summed E-state index contributed by atoms with van der Waals surface area (Å²) in [6.07, 6.45) is 0. The van der Waals surface area contributed by atoms with Crippen LogP contribution in [-0.2, 0) is 0 Å². The van der Waals surface area contributed by atoms with E-state index in [0.29, 0.717) is 0 Å². The van der Waals surface area contributed by atoms with Gasteiger partial charge < -0.3 is 13.9 Å². The fourth-order valence-corrected chi connectivity index (χ4v) is 10.0. The van der Waals surface area contributed by atoms with E-state index in [0.717, 1.165) is 72.3 Å². The number of hydrogen-bond donors (Lipinski definition) is 0. The largest absolute Gasteiger partial charge is 0.455 e. The summed E-state index contributed by atoms with van der Waals surface area (Å²) in [7, 11) is 0. The Morgan fingerprint density at radius 2 is 0.952 bits per heavy atom. The number of furan rings is 1. The summed E-state index contributed by atoms with van der Waals surface area (Å²) in [4.78, 5) is 2.44. The Bertz CT molecular complexity index is 3870. The molecule has 0 fully saturated rings. The van der Waals surface area contributed by atoms with Gasteiger partial charge in [-0.25, -0.2) is 0 Å². The topological polar surface area (TPSA) is 21.3 Å². The van der Waals surface area contributed by atoms with Gasteiger partial charge in [-0.3, -0.25) is 0 Å². The third-order valence-corrected chi connectivity index (χ3v) is 12.9. The molecule has 2 heterocycles. The lowest BCUT2D eigenvalue weighted by Crippen LogP contribution is -2.12. The first kappa shape index (κ1) is 35.4. The molecule has 11 aromatic carbocycles. The van der Waals surface area contributed by atoms with Crippen LogP contribution in [0.3, 0.4) is 0 Å². The second kappa shape index (κ2) is 14.1. The van der Waals surface area contributed by atoms with Crippen LogP contribution in [0.15, 0.2) is 235 Å². The van der Waals surface area contributed by atoms with E-state index in [2.05, 4.69) is 240 Å². The van der Waals surface area contributed by atoms with Crippen LogP contribution >= 0.6 is 0 Å². The van der Waals surface area contributed by atoms with E-state index < -0.39 is 0 Å². The first-order valence-corrected chi connectivity index (χ1v) is 21.6. The third kappa shape index (κ3) is 5.60. The number of benzene rings is 11. The van der Waals surface area contributed by atoms with Crippen LogP contribution < -0.4 is 4.90 Å². The summed E-state index contributed by atoms with van der Waals surface area (Å²) >= 11 is 0. The SMILES string of the molecule is c1cc(-c2ccc(N(c3ccccc3-c3ccc4c(c3)oc3c5ccccc5ccc43)c3cc4ccccc4c4ccccc34)cc2)cc(-n2c3ccccc3c3ccccc32)c1. The minimum atomic E-state index is 0.879. The van der Waals surface area contributed by atoms with Crippen LogP contribution in [0, 0.1) is 0 Å². The minimum absolute atomic E-state index is 0.879. The molecule has 0 saturated heterocycles. The fraction of sp³-hybridized carbons (Fsp3) is 0. The zero-order chi connectivity index (χ0) is 41.4. The highest BCUT2D eigenvalue weighted by molar-refractivity contribution is 6.17. The number of para-hydroxylation sites is 3. The molecule has 3 nitrogen and oxygen atoms in total. The van der Waals surface area contributed by atoms with Crippen LogP contribution in [0.1, 0.15) is 0 Å². The van der Waals surface area contributed by atoms with Gasteiger partial charge in [0.05, 0.1) is 22.4 Å². The molecular weight excluding hydrogens is 765 g/mol. The van der Waals surface area contributed by atoms with Crippen LogP contribution in [0.2, 0.25) is 0 Å². The van der Waals surface area contributed by atoms with Crippen molar-refractivity contribution in [2.45, 2.75) is 0 Å². The number of aromatic nitrogens is 1. The normalized spacial score (nSPS) is 11.8. The van der Waals surface area contributed by atoms with Crippen molar-refractivity contribution in [3.63, 3.8) is 0 Å². The van der Waals surface area contributed by atoms with Crippen molar-refractivity contribution in [1.82, 2.24) is 4.57 Å². The molecule has 13 rings (SSSR count). The molecule has 0 amide bonds. The summed E-state index contributed by atoms with van der Waals surface area (Å²) in [5.41, 5.74) is 13.2. The summed E-state index contributed by atoms with van der Waals surface area (Å²) < 4.78 is 9.10. The summed E-state index contributed by atoms with van der Waals surface area (Å²) in [6, 6.07) is 83.5. The zero-order valence-corrected chi connectivity index (χ0v) is 34.2.